The fraction of sp³-hybridized carbons (Fsp3) is 0.222. The SMILES string of the molecule is CCCC(=O)Nc1ccc(SCC(=O)Nc2cc(Cl)ccc2Cl)cc1. The third-order valence-electron chi connectivity index (χ3n) is 3.19. The normalized spacial score (nSPS) is 10.4. The van der Waals surface area contributed by atoms with E-state index in [1.54, 1.807) is 18.2 Å². The first kappa shape index (κ1) is 19.6. The molecular weight excluding hydrogens is 379 g/mol. The lowest BCUT2D eigenvalue weighted by Crippen LogP contribution is -2.14. The van der Waals surface area contributed by atoms with Gasteiger partial charge in [-0.05, 0) is 48.9 Å². The summed E-state index contributed by atoms with van der Waals surface area (Å²) in [6.45, 7) is 1.96. The average Bonchev–Trinajstić information content (AvgIpc) is 2.58. The molecule has 25 heavy (non-hydrogen) atoms. The summed E-state index contributed by atoms with van der Waals surface area (Å²) in [7, 11) is 0. The van der Waals surface area contributed by atoms with E-state index in [2.05, 4.69) is 10.6 Å². The number of carbonyl (C=O) groups is 2. The van der Waals surface area contributed by atoms with Gasteiger partial charge in [0.15, 0.2) is 0 Å². The second-order valence-corrected chi connectivity index (χ2v) is 7.18. The van der Waals surface area contributed by atoms with Gasteiger partial charge in [0.25, 0.3) is 0 Å². The van der Waals surface area contributed by atoms with E-state index in [9.17, 15) is 9.59 Å². The maximum atomic E-state index is 12.0. The Kier molecular flexibility index (Phi) is 7.62. The van der Waals surface area contributed by atoms with E-state index in [0.29, 0.717) is 22.2 Å². The van der Waals surface area contributed by atoms with Crippen LogP contribution in [0.2, 0.25) is 10.0 Å². The van der Waals surface area contributed by atoms with Crippen molar-refractivity contribution in [3.8, 4) is 0 Å². The molecular formula is C18H18Cl2N2O2S. The van der Waals surface area contributed by atoms with Crippen molar-refractivity contribution in [3.05, 3.63) is 52.5 Å². The molecule has 0 aliphatic carbocycles. The molecule has 2 aromatic carbocycles. The number of hydrogen-bond acceptors (Lipinski definition) is 3. The summed E-state index contributed by atoms with van der Waals surface area (Å²) in [5, 5.41) is 6.51. The van der Waals surface area contributed by atoms with E-state index in [1.807, 2.05) is 31.2 Å². The highest BCUT2D eigenvalue weighted by Crippen LogP contribution is 2.26. The molecule has 0 saturated carbocycles. The van der Waals surface area contributed by atoms with Crippen molar-refractivity contribution < 1.29 is 9.59 Å². The van der Waals surface area contributed by atoms with Gasteiger partial charge in [0.05, 0.1) is 16.5 Å². The predicted octanol–water partition coefficient (Wildman–Crippen LogP) is 5.46. The Balaban J connectivity index is 1.85. The van der Waals surface area contributed by atoms with Gasteiger partial charge in [0.1, 0.15) is 0 Å². The van der Waals surface area contributed by atoms with Crippen LogP contribution >= 0.6 is 35.0 Å². The third kappa shape index (κ3) is 6.61. The fourth-order valence-electron chi connectivity index (χ4n) is 2.01. The lowest BCUT2D eigenvalue weighted by atomic mass is 10.3. The molecule has 0 fully saturated rings. The Labute approximate surface area is 161 Å². The summed E-state index contributed by atoms with van der Waals surface area (Å²) in [6.07, 6.45) is 1.31. The summed E-state index contributed by atoms with van der Waals surface area (Å²) in [5.74, 6) is 0.0693. The Bertz CT molecular complexity index is 751. The van der Waals surface area contributed by atoms with E-state index in [-0.39, 0.29) is 17.6 Å². The first-order valence-electron chi connectivity index (χ1n) is 7.75. The topological polar surface area (TPSA) is 58.2 Å². The monoisotopic (exact) mass is 396 g/mol. The zero-order valence-electron chi connectivity index (χ0n) is 13.6. The largest absolute Gasteiger partial charge is 0.326 e. The molecule has 0 unspecified atom stereocenters. The number of benzene rings is 2. The minimum atomic E-state index is -0.172. The van der Waals surface area contributed by atoms with Crippen LogP contribution in [-0.4, -0.2) is 17.6 Å². The van der Waals surface area contributed by atoms with Gasteiger partial charge in [-0.1, -0.05) is 30.1 Å². The zero-order chi connectivity index (χ0) is 18.2. The van der Waals surface area contributed by atoms with Crippen molar-refractivity contribution in [2.75, 3.05) is 16.4 Å². The summed E-state index contributed by atoms with van der Waals surface area (Å²) < 4.78 is 0. The van der Waals surface area contributed by atoms with Crippen LogP contribution in [0.4, 0.5) is 11.4 Å². The minimum absolute atomic E-state index is 0.000631. The summed E-state index contributed by atoms with van der Waals surface area (Å²) in [5.41, 5.74) is 1.24. The highest BCUT2D eigenvalue weighted by atomic mass is 35.5. The molecule has 7 heteroatoms. The van der Waals surface area contributed by atoms with Crippen LogP contribution in [0.15, 0.2) is 47.4 Å². The Morgan fingerprint density at radius 1 is 1.00 bits per heavy atom. The molecule has 0 radical (unpaired) electrons. The van der Waals surface area contributed by atoms with Gasteiger partial charge in [-0.25, -0.2) is 0 Å². The van der Waals surface area contributed by atoms with Crippen molar-refractivity contribution >= 4 is 58.2 Å². The van der Waals surface area contributed by atoms with Crippen LogP contribution in [0.1, 0.15) is 19.8 Å². The molecule has 132 valence electrons. The van der Waals surface area contributed by atoms with Crippen molar-refractivity contribution in [1.82, 2.24) is 0 Å². The Hall–Kier alpha value is -1.69. The summed E-state index contributed by atoms with van der Waals surface area (Å²) >= 11 is 13.3. The first-order chi connectivity index (χ1) is 12.0. The second-order valence-electron chi connectivity index (χ2n) is 5.28. The van der Waals surface area contributed by atoms with E-state index in [4.69, 9.17) is 23.2 Å². The van der Waals surface area contributed by atoms with Crippen molar-refractivity contribution in [2.45, 2.75) is 24.7 Å². The van der Waals surface area contributed by atoms with Crippen molar-refractivity contribution in [3.63, 3.8) is 0 Å². The predicted molar refractivity (Wildman–Crippen MR) is 106 cm³/mol. The maximum absolute atomic E-state index is 12.0. The molecule has 2 aromatic rings. The lowest BCUT2D eigenvalue weighted by molar-refractivity contribution is -0.116. The number of hydrogen-bond donors (Lipinski definition) is 2. The van der Waals surface area contributed by atoms with Gasteiger partial charge in [-0.3, -0.25) is 9.59 Å². The summed E-state index contributed by atoms with van der Waals surface area (Å²) in [6, 6.07) is 12.3. The van der Waals surface area contributed by atoms with Crippen molar-refractivity contribution in [2.24, 2.45) is 0 Å². The average molecular weight is 397 g/mol. The van der Waals surface area contributed by atoms with E-state index in [1.165, 1.54) is 11.8 Å². The molecule has 2 N–H and O–H groups in total. The number of rotatable bonds is 7. The van der Waals surface area contributed by atoms with Crippen LogP contribution in [0.3, 0.4) is 0 Å². The highest BCUT2D eigenvalue weighted by molar-refractivity contribution is 8.00. The molecule has 2 amide bonds. The highest BCUT2D eigenvalue weighted by Gasteiger charge is 2.08. The van der Waals surface area contributed by atoms with Crippen LogP contribution in [-0.2, 0) is 9.59 Å². The molecule has 2 rings (SSSR count). The number of nitrogens with one attached hydrogen (secondary N) is 2. The molecule has 0 aliphatic heterocycles. The molecule has 0 heterocycles. The maximum Gasteiger partial charge on any atom is 0.234 e. The van der Waals surface area contributed by atoms with Crippen LogP contribution < -0.4 is 10.6 Å². The van der Waals surface area contributed by atoms with E-state index < -0.39 is 0 Å². The number of thioether (sulfide) groups is 1. The Morgan fingerprint density at radius 3 is 2.40 bits per heavy atom. The van der Waals surface area contributed by atoms with Gasteiger partial charge >= 0.3 is 0 Å². The van der Waals surface area contributed by atoms with Gasteiger partial charge in [-0.15, -0.1) is 11.8 Å². The molecule has 0 saturated heterocycles. The minimum Gasteiger partial charge on any atom is -0.326 e. The van der Waals surface area contributed by atoms with E-state index in [0.717, 1.165) is 17.0 Å². The standard InChI is InChI=1S/C18H18Cl2N2O2S/c1-2-3-17(23)21-13-5-7-14(8-6-13)25-11-18(24)22-16-10-12(19)4-9-15(16)20/h4-10H,2-3,11H2,1H3,(H,21,23)(H,22,24). The van der Waals surface area contributed by atoms with E-state index >= 15 is 0 Å². The number of halogens is 2. The lowest BCUT2D eigenvalue weighted by Gasteiger charge is -2.08. The molecule has 4 nitrogen and oxygen atoms in total. The van der Waals surface area contributed by atoms with Crippen LogP contribution in [0, 0.1) is 0 Å². The molecule has 0 spiro atoms. The van der Waals surface area contributed by atoms with Gasteiger partial charge in [-0.2, -0.15) is 0 Å². The third-order valence-corrected chi connectivity index (χ3v) is 4.76. The first-order valence-corrected chi connectivity index (χ1v) is 9.49. The second kappa shape index (κ2) is 9.70. The molecule has 0 aromatic heterocycles. The van der Waals surface area contributed by atoms with Gasteiger partial charge in [0, 0.05) is 22.0 Å². The summed E-state index contributed by atoms with van der Waals surface area (Å²) in [4.78, 5) is 24.5. The van der Waals surface area contributed by atoms with Gasteiger partial charge in [0.2, 0.25) is 11.8 Å². The Morgan fingerprint density at radius 2 is 1.72 bits per heavy atom. The number of anilines is 2. The van der Waals surface area contributed by atoms with Crippen LogP contribution in [0.25, 0.3) is 0 Å². The number of amides is 2. The van der Waals surface area contributed by atoms with Crippen LogP contribution in [0.5, 0.6) is 0 Å². The van der Waals surface area contributed by atoms with Crippen molar-refractivity contribution in [1.29, 1.82) is 0 Å². The number of carbonyl (C=O) groups excluding carboxylic acids is 2. The molecule has 0 bridgehead atoms. The zero-order valence-corrected chi connectivity index (χ0v) is 16.0. The van der Waals surface area contributed by atoms with Gasteiger partial charge < -0.3 is 10.6 Å². The quantitative estimate of drug-likeness (QED) is 0.610. The smallest absolute Gasteiger partial charge is 0.234 e. The molecule has 0 aliphatic rings. The fourth-order valence-corrected chi connectivity index (χ4v) is 3.05. The molecule has 0 atom stereocenters.